The summed E-state index contributed by atoms with van der Waals surface area (Å²) in [6.45, 7) is 0. The third-order valence-corrected chi connectivity index (χ3v) is 1.29. The van der Waals surface area contributed by atoms with Gasteiger partial charge in [-0.05, 0) is 12.1 Å². The van der Waals surface area contributed by atoms with Gasteiger partial charge in [-0.1, -0.05) is 0 Å². The van der Waals surface area contributed by atoms with E-state index in [1.54, 1.807) is 0 Å². The topological polar surface area (TPSA) is 57.5 Å². The van der Waals surface area contributed by atoms with Gasteiger partial charge in [0.1, 0.15) is 11.4 Å². The van der Waals surface area contributed by atoms with E-state index < -0.39 is 28.9 Å². The summed E-state index contributed by atoms with van der Waals surface area (Å²) < 4.78 is 25.0. The van der Waals surface area contributed by atoms with Gasteiger partial charge in [0.05, 0.1) is 0 Å². The number of rotatable bonds is 1. The molecule has 3 nitrogen and oxygen atoms in total. The first-order valence-electron chi connectivity index (χ1n) is 2.94. The normalized spacial score (nSPS) is 9.83. The lowest BCUT2D eigenvalue weighted by atomic mass is 10.2. The molecule has 2 N–H and O–H groups in total. The highest BCUT2D eigenvalue weighted by atomic mass is 19.1. The van der Waals surface area contributed by atoms with Gasteiger partial charge in [-0.25, -0.2) is 13.6 Å². The molecule has 0 bridgehead atoms. The minimum absolute atomic E-state index is 0.637. The average molecular weight is 174 g/mol. The molecule has 1 aromatic rings. The van der Waals surface area contributed by atoms with Gasteiger partial charge in [0.15, 0.2) is 11.6 Å². The summed E-state index contributed by atoms with van der Waals surface area (Å²) in [5.74, 6) is -5.21. The van der Waals surface area contributed by atoms with Gasteiger partial charge in [0.2, 0.25) is 0 Å². The summed E-state index contributed by atoms with van der Waals surface area (Å²) in [5, 5.41) is 17.1. The maximum absolute atomic E-state index is 12.6. The van der Waals surface area contributed by atoms with Crippen LogP contribution in [-0.4, -0.2) is 16.2 Å². The van der Waals surface area contributed by atoms with E-state index in [0.717, 1.165) is 0 Å². The van der Waals surface area contributed by atoms with Gasteiger partial charge in [0, 0.05) is 0 Å². The van der Waals surface area contributed by atoms with Gasteiger partial charge in [-0.15, -0.1) is 0 Å². The Morgan fingerprint density at radius 2 is 1.75 bits per heavy atom. The smallest absolute Gasteiger partial charge is 0.342 e. The van der Waals surface area contributed by atoms with Crippen molar-refractivity contribution < 1.29 is 23.8 Å². The molecule has 0 atom stereocenters. The first-order valence-corrected chi connectivity index (χ1v) is 2.94. The monoisotopic (exact) mass is 174 g/mol. The van der Waals surface area contributed by atoms with Gasteiger partial charge < -0.3 is 10.2 Å². The van der Waals surface area contributed by atoms with Crippen molar-refractivity contribution in [2.75, 3.05) is 0 Å². The van der Waals surface area contributed by atoms with Crippen LogP contribution in [-0.2, 0) is 0 Å². The van der Waals surface area contributed by atoms with E-state index in [9.17, 15) is 13.6 Å². The second-order valence-electron chi connectivity index (χ2n) is 2.06. The number of phenols is 1. The van der Waals surface area contributed by atoms with Crippen molar-refractivity contribution in [3.8, 4) is 5.75 Å². The van der Waals surface area contributed by atoms with E-state index in [1.165, 1.54) is 0 Å². The molecule has 0 aliphatic rings. The van der Waals surface area contributed by atoms with Crippen LogP contribution in [0.4, 0.5) is 8.78 Å². The Kier molecular flexibility index (Phi) is 1.95. The van der Waals surface area contributed by atoms with Crippen molar-refractivity contribution in [2.24, 2.45) is 0 Å². The number of hydrogen-bond donors (Lipinski definition) is 2. The lowest BCUT2D eigenvalue weighted by Crippen LogP contribution is -2.02. The van der Waals surface area contributed by atoms with Crippen LogP contribution in [0.2, 0.25) is 0 Å². The van der Waals surface area contributed by atoms with Crippen molar-refractivity contribution in [3.05, 3.63) is 29.3 Å². The Labute approximate surface area is 65.9 Å². The van der Waals surface area contributed by atoms with Crippen LogP contribution in [0.1, 0.15) is 10.4 Å². The highest BCUT2D eigenvalue weighted by molar-refractivity contribution is 5.91. The molecule has 0 saturated carbocycles. The molecule has 0 spiro atoms. The number of halogens is 2. The van der Waals surface area contributed by atoms with Crippen molar-refractivity contribution in [1.82, 2.24) is 0 Å². The lowest BCUT2D eigenvalue weighted by molar-refractivity contribution is 0.0687. The molecule has 64 valence electrons. The van der Waals surface area contributed by atoms with E-state index in [1.807, 2.05) is 0 Å². The Hall–Kier alpha value is -1.65. The zero-order valence-corrected chi connectivity index (χ0v) is 5.71. The summed E-state index contributed by atoms with van der Waals surface area (Å²) in [5.41, 5.74) is -1.05. The average Bonchev–Trinajstić information content (AvgIpc) is 1.97. The number of hydrogen-bond acceptors (Lipinski definition) is 2. The summed E-state index contributed by atoms with van der Waals surface area (Å²) in [6, 6.07) is 1.29. The molecular formula is C7H4F2O3. The quantitative estimate of drug-likeness (QED) is 0.675. The fourth-order valence-corrected chi connectivity index (χ4v) is 0.745. The highest BCUT2D eigenvalue weighted by Crippen LogP contribution is 2.23. The van der Waals surface area contributed by atoms with Crippen molar-refractivity contribution in [2.45, 2.75) is 0 Å². The van der Waals surface area contributed by atoms with Crippen LogP contribution in [0.5, 0.6) is 5.75 Å². The molecule has 0 heterocycles. The lowest BCUT2D eigenvalue weighted by Gasteiger charge is -2.00. The molecular weight excluding hydrogens is 170 g/mol. The van der Waals surface area contributed by atoms with Crippen molar-refractivity contribution in [3.63, 3.8) is 0 Å². The fraction of sp³-hybridized carbons (Fsp3) is 0. The number of carboxylic acid groups (broad SMARTS) is 1. The first kappa shape index (κ1) is 8.45. The maximum Gasteiger partial charge on any atom is 0.342 e. The summed E-state index contributed by atoms with van der Waals surface area (Å²) >= 11 is 0. The van der Waals surface area contributed by atoms with Gasteiger partial charge in [0.25, 0.3) is 0 Å². The van der Waals surface area contributed by atoms with Crippen LogP contribution < -0.4 is 0 Å². The second kappa shape index (κ2) is 2.77. The van der Waals surface area contributed by atoms with Crippen LogP contribution in [0.25, 0.3) is 0 Å². The Bertz CT molecular complexity index is 336. The Balaban J connectivity index is 3.43. The zero-order chi connectivity index (χ0) is 9.30. The summed E-state index contributed by atoms with van der Waals surface area (Å²) in [7, 11) is 0. The molecule has 0 aliphatic carbocycles. The molecule has 1 rings (SSSR count). The van der Waals surface area contributed by atoms with Gasteiger partial charge in [-0.2, -0.15) is 0 Å². The summed E-state index contributed by atoms with van der Waals surface area (Å²) in [6.07, 6.45) is 0. The molecule has 0 aromatic heterocycles. The number of benzene rings is 1. The van der Waals surface area contributed by atoms with Crippen LogP contribution in [0.15, 0.2) is 12.1 Å². The number of carboxylic acids is 1. The third kappa shape index (κ3) is 1.20. The molecule has 0 unspecified atom stereocenters. The summed E-state index contributed by atoms with van der Waals surface area (Å²) in [4.78, 5) is 10.2. The molecule has 0 amide bonds. The van der Waals surface area contributed by atoms with Gasteiger partial charge >= 0.3 is 5.97 Å². The number of aromatic hydroxyl groups is 1. The molecule has 0 saturated heterocycles. The van der Waals surface area contributed by atoms with Gasteiger partial charge in [-0.3, -0.25) is 0 Å². The number of aromatic carboxylic acids is 1. The second-order valence-corrected chi connectivity index (χ2v) is 2.06. The standard InChI is InChI=1S/C7H4F2O3/c8-3-1-2-4(9)6(10)5(3)7(11)12/h1-2,10H,(H,11,12). The molecule has 1 aromatic carbocycles. The van der Waals surface area contributed by atoms with Crippen LogP contribution in [0.3, 0.4) is 0 Å². The van der Waals surface area contributed by atoms with E-state index in [4.69, 9.17) is 10.2 Å². The highest BCUT2D eigenvalue weighted by Gasteiger charge is 2.18. The first-order chi connectivity index (χ1) is 5.54. The molecule has 0 fully saturated rings. The van der Waals surface area contributed by atoms with E-state index >= 15 is 0 Å². The molecule has 0 aliphatic heterocycles. The van der Waals surface area contributed by atoms with Crippen molar-refractivity contribution >= 4 is 5.97 Å². The van der Waals surface area contributed by atoms with Crippen molar-refractivity contribution in [1.29, 1.82) is 0 Å². The predicted molar refractivity (Wildman–Crippen MR) is 35.0 cm³/mol. The Morgan fingerprint density at radius 1 is 1.25 bits per heavy atom. The molecule has 0 radical (unpaired) electrons. The Morgan fingerprint density at radius 3 is 2.17 bits per heavy atom. The minimum Gasteiger partial charge on any atom is -0.504 e. The van der Waals surface area contributed by atoms with Crippen LogP contribution >= 0.6 is 0 Å². The van der Waals surface area contributed by atoms with E-state index in [2.05, 4.69) is 0 Å². The maximum atomic E-state index is 12.6. The number of carbonyl (C=O) groups is 1. The SMILES string of the molecule is O=C(O)c1c(F)ccc(F)c1O. The van der Waals surface area contributed by atoms with E-state index in [0.29, 0.717) is 12.1 Å². The largest absolute Gasteiger partial charge is 0.504 e. The van der Waals surface area contributed by atoms with Crippen LogP contribution in [0, 0.1) is 11.6 Å². The fourth-order valence-electron chi connectivity index (χ4n) is 0.745. The third-order valence-electron chi connectivity index (χ3n) is 1.29. The minimum atomic E-state index is -1.70. The zero-order valence-electron chi connectivity index (χ0n) is 5.71. The predicted octanol–water partition coefficient (Wildman–Crippen LogP) is 1.37. The molecule has 5 heteroatoms. The van der Waals surface area contributed by atoms with E-state index in [-0.39, 0.29) is 0 Å². The molecule has 12 heavy (non-hydrogen) atoms.